The van der Waals surface area contributed by atoms with Crippen molar-refractivity contribution in [2.75, 3.05) is 32.1 Å². The average molecular weight is 238 g/mol. The van der Waals surface area contributed by atoms with Crippen molar-refractivity contribution in [1.29, 1.82) is 0 Å². The first kappa shape index (κ1) is 11.6. The van der Waals surface area contributed by atoms with E-state index in [-0.39, 0.29) is 0 Å². The number of thiophene rings is 1. The summed E-state index contributed by atoms with van der Waals surface area (Å²) in [6, 6.07) is 2.60. The normalized spacial score (nSPS) is 18.6. The molecular weight excluding hydrogens is 220 g/mol. The lowest BCUT2D eigenvalue weighted by Crippen LogP contribution is -2.41. The largest absolute Gasteiger partial charge is 0.371 e. The second-order valence-corrected chi connectivity index (χ2v) is 5.41. The van der Waals surface area contributed by atoms with E-state index < -0.39 is 0 Å². The fourth-order valence-electron chi connectivity index (χ4n) is 2.18. The zero-order valence-corrected chi connectivity index (χ0v) is 10.7. The molecule has 0 aliphatic carbocycles. The van der Waals surface area contributed by atoms with Crippen molar-refractivity contribution in [2.45, 2.75) is 18.9 Å². The van der Waals surface area contributed by atoms with Crippen LogP contribution in [0.1, 0.15) is 22.5 Å². The van der Waals surface area contributed by atoms with Gasteiger partial charge in [-0.3, -0.25) is 4.79 Å². The molecule has 1 aliphatic heterocycles. The van der Waals surface area contributed by atoms with Crippen LogP contribution in [0.5, 0.6) is 0 Å². The maximum absolute atomic E-state index is 10.6. The molecule has 0 spiro atoms. The second-order valence-electron chi connectivity index (χ2n) is 4.47. The molecule has 4 heteroatoms. The van der Waals surface area contributed by atoms with Crippen LogP contribution in [-0.2, 0) is 0 Å². The maximum Gasteiger partial charge on any atom is 0.160 e. The van der Waals surface area contributed by atoms with Gasteiger partial charge in [0.25, 0.3) is 0 Å². The number of aldehydes is 1. The molecule has 0 amide bonds. The van der Waals surface area contributed by atoms with Gasteiger partial charge in [0.05, 0.1) is 4.88 Å². The predicted octanol–water partition coefficient (Wildman–Crippen LogP) is 2.09. The predicted molar refractivity (Wildman–Crippen MR) is 68.6 cm³/mol. The minimum atomic E-state index is 0.616. The van der Waals surface area contributed by atoms with Gasteiger partial charge in [-0.15, -0.1) is 11.3 Å². The Morgan fingerprint density at radius 1 is 1.50 bits per heavy atom. The van der Waals surface area contributed by atoms with Crippen LogP contribution in [0.25, 0.3) is 0 Å². The van der Waals surface area contributed by atoms with Gasteiger partial charge in [-0.2, -0.15) is 0 Å². The number of carbonyl (C=O) groups is 1. The highest BCUT2D eigenvalue weighted by Gasteiger charge is 2.21. The third-order valence-corrected chi connectivity index (χ3v) is 4.21. The van der Waals surface area contributed by atoms with E-state index in [1.807, 2.05) is 6.07 Å². The van der Waals surface area contributed by atoms with Crippen molar-refractivity contribution in [3.05, 3.63) is 16.3 Å². The molecule has 0 aromatic carbocycles. The Bertz CT molecular complexity index is 356. The number of nitrogens with zero attached hydrogens (tertiary/aromatic N) is 2. The highest BCUT2D eigenvalue weighted by molar-refractivity contribution is 7.12. The molecule has 3 nitrogen and oxygen atoms in total. The minimum absolute atomic E-state index is 0.616. The standard InChI is InChI=1S/C12H18N2OS/c1-13-5-3-10(4-6-13)14(2)11-7-12(8-15)16-9-11/h7-10H,3-6H2,1-2H3. The molecule has 88 valence electrons. The van der Waals surface area contributed by atoms with Gasteiger partial charge < -0.3 is 9.80 Å². The summed E-state index contributed by atoms with van der Waals surface area (Å²) in [5.74, 6) is 0. The Balaban J connectivity index is 2.01. The molecule has 0 atom stereocenters. The number of carbonyl (C=O) groups excluding carboxylic acids is 1. The highest BCUT2D eigenvalue weighted by Crippen LogP contribution is 2.25. The number of rotatable bonds is 3. The number of anilines is 1. The molecule has 2 heterocycles. The van der Waals surface area contributed by atoms with E-state index in [1.54, 1.807) is 0 Å². The molecule has 1 saturated heterocycles. The SMILES string of the molecule is CN1CCC(N(C)c2csc(C=O)c2)CC1. The summed E-state index contributed by atoms with van der Waals surface area (Å²) in [7, 11) is 4.30. The van der Waals surface area contributed by atoms with Gasteiger partial charge in [-0.05, 0) is 39.0 Å². The Morgan fingerprint density at radius 3 is 2.75 bits per heavy atom. The van der Waals surface area contributed by atoms with E-state index in [9.17, 15) is 4.79 Å². The van der Waals surface area contributed by atoms with Crippen LogP contribution >= 0.6 is 11.3 Å². The van der Waals surface area contributed by atoms with E-state index >= 15 is 0 Å². The van der Waals surface area contributed by atoms with Crippen LogP contribution in [0.15, 0.2) is 11.4 Å². The third-order valence-electron chi connectivity index (χ3n) is 3.37. The lowest BCUT2D eigenvalue weighted by molar-refractivity contribution is 0.112. The van der Waals surface area contributed by atoms with Gasteiger partial charge in [-0.25, -0.2) is 0 Å². The molecule has 0 unspecified atom stereocenters. The quantitative estimate of drug-likeness (QED) is 0.753. The average Bonchev–Trinajstić information content (AvgIpc) is 2.77. The number of hydrogen-bond acceptors (Lipinski definition) is 4. The van der Waals surface area contributed by atoms with E-state index in [0.29, 0.717) is 6.04 Å². The van der Waals surface area contributed by atoms with Crippen molar-refractivity contribution in [3.8, 4) is 0 Å². The summed E-state index contributed by atoms with van der Waals surface area (Å²) < 4.78 is 0. The summed E-state index contributed by atoms with van der Waals surface area (Å²) in [4.78, 5) is 16.1. The monoisotopic (exact) mass is 238 g/mol. The van der Waals surface area contributed by atoms with Crippen LogP contribution in [0.2, 0.25) is 0 Å². The first-order chi connectivity index (χ1) is 7.70. The maximum atomic E-state index is 10.6. The fraction of sp³-hybridized carbons (Fsp3) is 0.583. The van der Waals surface area contributed by atoms with E-state index in [1.165, 1.54) is 43.0 Å². The first-order valence-corrected chi connectivity index (χ1v) is 6.54. The summed E-state index contributed by atoms with van der Waals surface area (Å²) in [5, 5.41) is 2.07. The van der Waals surface area contributed by atoms with Crippen molar-refractivity contribution in [1.82, 2.24) is 4.90 Å². The summed E-state index contributed by atoms with van der Waals surface area (Å²) >= 11 is 1.52. The van der Waals surface area contributed by atoms with E-state index in [0.717, 1.165) is 11.2 Å². The van der Waals surface area contributed by atoms with Crippen LogP contribution in [0.4, 0.5) is 5.69 Å². The van der Waals surface area contributed by atoms with Gasteiger partial charge in [0.15, 0.2) is 6.29 Å². The van der Waals surface area contributed by atoms with Crippen molar-refractivity contribution >= 4 is 23.3 Å². The van der Waals surface area contributed by atoms with Crippen LogP contribution in [0, 0.1) is 0 Å². The zero-order chi connectivity index (χ0) is 11.5. The van der Waals surface area contributed by atoms with E-state index in [4.69, 9.17) is 0 Å². The fourth-order valence-corrected chi connectivity index (χ4v) is 2.92. The number of piperidine rings is 1. The summed E-state index contributed by atoms with van der Waals surface area (Å²) in [5.41, 5.74) is 1.18. The topological polar surface area (TPSA) is 23.6 Å². The molecule has 0 N–H and O–H groups in total. The van der Waals surface area contributed by atoms with Crippen molar-refractivity contribution in [3.63, 3.8) is 0 Å². The smallest absolute Gasteiger partial charge is 0.160 e. The lowest BCUT2D eigenvalue weighted by atomic mass is 10.0. The molecule has 1 aromatic rings. The van der Waals surface area contributed by atoms with Gasteiger partial charge in [0.1, 0.15) is 0 Å². The van der Waals surface area contributed by atoms with Crippen molar-refractivity contribution < 1.29 is 4.79 Å². The Labute approximate surface area is 101 Å². The lowest BCUT2D eigenvalue weighted by Gasteiger charge is -2.35. The molecule has 16 heavy (non-hydrogen) atoms. The Morgan fingerprint density at radius 2 is 2.19 bits per heavy atom. The third kappa shape index (κ3) is 2.44. The van der Waals surface area contributed by atoms with Gasteiger partial charge in [-0.1, -0.05) is 0 Å². The highest BCUT2D eigenvalue weighted by atomic mass is 32.1. The Hall–Kier alpha value is -0.870. The van der Waals surface area contributed by atoms with Crippen LogP contribution in [0.3, 0.4) is 0 Å². The molecule has 0 saturated carbocycles. The zero-order valence-electron chi connectivity index (χ0n) is 9.85. The molecule has 1 fully saturated rings. The summed E-state index contributed by atoms with van der Waals surface area (Å²) in [6.45, 7) is 2.33. The van der Waals surface area contributed by atoms with Crippen LogP contribution in [-0.4, -0.2) is 44.4 Å². The Kier molecular flexibility index (Phi) is 3.61. The molecule has 2 rings (SSSR count). The van der Waals surface area contributed by atoms with Crippen molar-refractivity contribution in [2.24, 2.45) is 0 Å². The minimum Gasteiger partial charge on any atom is -0.371 e. The van der Waals surface area contributed by atoms with E-state index in [2.05, 4.69) is 29.3 Å². The number of likely N-dealkylation sites (tertiary alicyclic amines) is 1. The van der Waals surface area contributed by atoms with Gasteiger partial charge in [0.2, 0.25) is 0 Å². The molecule has 0 radical (unpaired) electrons. The van der Waals surface area contributed by atoms with Crippen LogP contribution < -0.4 is 4.90 Å². The first-order valence-electron chi connectivity index (χ1n) is 5.66. The molecule has 1 aromatic heterocycles. The summed E-state index contributed by atoms with van der Waals surface area (Å²) in [6.07, 6.45) is 3.34. The number of hydrogen-bond donors (Lipinski definition) is 0. The van der Waals surface area contributed by atoms with Gasteiger partial charge in [0, 0.05) is 24.2 Å². The molecule has 1 aliphatic rings. The molecule has 0 bridgehead atoms. The molecular formula is C12H18N2OS. The van der Waals surface area contributed by atoms with Gasteiger partial charge >= 0.3 is 0 Å². The second kappa shape index (κ2) is 4.97.